The van der Waals surface area contributed by atoms with Crippen molar-refractivity contribution < 1.29 is 24.0 Å². The third kappa shape index (κ3) is 4.47. The molecule has 0 saturated heterocycles. The highest BCUT2D eigenvalue weighted by molar-refractivity contribution is 5.98. The van der Waals surface area contributed by atoms with Gasteiger partial charge in [-0.2, -0.15) is 0 Å². The Morgan fingerprint density at radius 1 is 1.19 bits per heavy atom. The molecule has 0 saturated carbocycles. The average molecular weight is 359 g/mol. The van der Waals surface area contributed by atoms with Crippen molar-refractivity contribution >= 4 is 28.9 Å². The lowest BCUT2D eigenvalue weighted by Gasteiger charge is -2.15. The van der Waals surface area contributed by atoms with E-state index < -0.39 is 22.9 Å². The van der Waals surface area contributed by atoms with Crippen LogP contribution in [-0.2, 0) is 9.53 Å². The fourth-order valence-corrected chi connectivity index (χ4v) is 2.03. The molecule has 9 heteroatoms. The summed E-state index contributed by atoms with van der Waals surface area (Å²) in [5, 5.41) is 13.3. The van der Waals surface area contributed by atoms with Gasteiger partial charge in [0.1, 0.15) is 5.75 Å². The molecule has 2 aromatic carbocycles. The van der Waals surface area contributed by atoms with Gasteiger partial charge in [-0.15, -0.1) is 0 Å². The van der Waals surface area contributed by atoms with E-state index in [9.17, 15) is 19.7 Å². The number of nitrogens with one attached hydrogen (secondary N) is 1. The number of nitro benzene ring substituents is 1. The van der Waals surface area contributed by atoms with Gasteiger partial charge < -0.3 is 20.5 Å². The number of non-ortho nitro benzene ring substituents is 1. The lowest BCUT2D eigenvalue weighted by Crippen LogP contribution is -2.30. The maximum absolute atomic E-state index is 12.2. The van der Waals surface area contributed by atoms with E-state index in [0.29, 0.717) is 5.69 Å². The second-order valence-electron chi connectivity index (χ2n) is 5.30. The number of esters is 1. The predicted octanol–water partition coefficient (Wildman–Crippen LogP) is 2.37. The molecule has 1 amide bonds. The second-order valence-corrected chi connectivity index (χ2v) is 5.30. The monoisotopic (exact) mass is 359 g/mol. The summed E-state index contributed by atoms with van der Waals surface area (Å²) in [5.74, 6) is -1.17. The molecule has 0 aliphatic rings. The first-order valence-corrected chi connectivity index (χ1v) is 7.51. The van der Waals surface area contributed by atoms with Crippen LogP contribution in [0.2, 0.25) is 0 Å². The first-order valence-electron chi connectivity index (χ1n) is 7.51. The SMILES string of the molecule is COc1cc([N+](=O)[O-])ccc1NC(=O)[C@@H](C)OC(=O)c1ccc(N)cc1. The maximum Gasteiger partial charge on any atom is 0.338 e. The van der Waals surface area contributed by atoms with E-state index in [1.807, 2.05) is 0 Å². The summed E-state index contributed by atoms with van der Waals surface area (Å²) < 4.78 is 10.1. The number of hydrogen-bond donors (Lipinski definition) is 2. The zero-order chi connectivity index (χ0) is 19.3. The Morgan fingerprint density at radius 2 is 1.85 bits per heavy atom. The summed E-state index contributed by atoms with van der Waals surface area (Å²) in [7, 11) is 1.32. The first-order chi connectivity index (χ1) is 12.3. The van der Waals surface area contributed by atoms with E-state index in [0.717, 1.165) is 0 Å². The fourth-order valence-electron chi connectivity index (χ4n) is 2.03. The van der Waals surface area contributed by atoms with Gasteiger partial charge in [0.2, 0.25) is 0 Å². The topological polar surface area (TPSA) is 134 Å². The first kappa shape index (κ1) is 18.7. The molecule has 136 valence electrons. The van der Waals surface area contributed by atoms with E-state index in [1.54, 1.807) is 12.1 Å². The number of nitrogens with two attached hydrogens (primary N) is 1. The predicted molar refractivity (Wildman–Crippen MR) is 94.0 cm³/mol. The van der Waals surface area contributed by atoms with E-state index in [4.69, 9.17) is 15.2 Å². The van der Waals surface area contributed by atoms with E-state index >= 15 is 0 Å². The number of amides is 1. The Kier molecular flexibility index (Phi) is 5.74. The van der Waals surface area contributed by atoms with Crippen molar-refractivity contribution in [2.45, 2.75) is 13.0 Å². The molecule has 0 aromatic heterocycles. The molecule has 0 bridgehead atoms. The highest BCUT2D eigenvalue weighted by atomic mass is 16.6. The van der Waals surface area contributed by atoms with Gasteiger partial charge in [0.15, 0.2) is 6.10 Å². The number of methoxy groups -OCH3 is 1. The van der Waals surface area contributed by atoms with Crippen LogP contribution >= 0.6 is 0 Å². The fraction of sp³-hybridized carbons (Fsp3) is 0.176. The Bertz CT molecular complexity index is 835. The quantitative estimate of drug-likeness (QED) is 0.350. The minimum absolute atomic E-state index is 0.115. The zero-order valence-corrected chi connectivity index (χ0v) is 14.1. The van der Waals surface area contributed by atoms with Gasteiger partial charge >= 0.3 is 5.97 Å². The van der Waals surface area contributed by atoms with Crippen molar-refractivity contribution in [1.82, 2.24) is 0 Å². The van der Waals surface area contributed by atoms with Crippen molar-refractivity contribution in [2.75, 3.05) is 18.2 Å². The highest BCUT2D eigenvalue weighted by Crippen LogP contribution is 2.29. The molecular formula is C17H17N3O6. The third-order valence-electron chi connectivity index (χ3n) is 3.45. The van der Waals surface area contributed by atoms with E-state index in [1.165, 1.54) is 44.4 Å². The van der Waals surface area contributed by atoms with Crippen LogP contribution in [0.15, 0.2) is 42.5 Å². The summed E-state index contributed by atoms with van der Waals surface area (Å²) in [6.45, 7) is 1.41. The number of nitro groups is 1. The largest absolute Gasteiger partial charge is 0.494 e. The summed E-state index contributed by atoms with van der Waals surface area (Å²) in [6.07, 6.45) is -1.10. The number of rotatable bonds is 6. The summed E-state index contributed by atoms with van der Waals surface area (Å²) in [4.78, 5) is 34.5. The number of hydrogen-bond acceptors (Lipinski definition) is 7. The normalized spacial score (nSPS) is 11.3. The number of anilines is 2. The molecule has 9 nitrogen and oxygen atoms in total. The second kappa shape index (κ2) is 7.97. The van der Waals surface area contributed by atoms with Crippen LogP contribution in [0, 0.1) is 10.1 Å². The molecule has 2 aromatic rings. The molecule has 0 heterocycles. The minimum Gasteiger partial charge on any atom is -0.494 e. The number of ether oxygens (including phenoxy) is 2. The van der Waals surface area contributed by atoms with Crippen LogP contribution in [-0.4, -0.2) is 30.0 Å². The zero-order valence-electron chi connectivity index (χ0n) is 14.1. The van der Waals surface area contributed by atoms with Gasteiger partial charge in [-0.05, 0) is 37.3 Å². The van der Waals surface area contributed by atoms with Crippen molar-refractivity contribution in [3.05, 3.63) is 58.1 Å². The smallest absolute Gasteiger partial charge is 0.338 e. The molecule has 26 heavy (non-hydrogen) atoms. The Labute approximate surface area is 148 Å². The van der Waals surface area contributed by atoms with Gasteiger partial charge in [0, 0.05) is 11.8 Å². The lowest BCUT2D eigenvalue weighted by atomic mass is 10.2. The summed E-state index contributed by atoms with van der Waals surface area (Å²) in [5.41, 5.74) is 6.35. The van der Waals surface area contributed by atoms with E-state index in [2.05, 4.69) is 5.32 Å². The van der Waals surface area contributed by atoms with Gasteiger partial charge in [0.25, 0.3) is 11.6 Å². The van der Waals surface area contributed by atoms with Crippen LogP contribution in [0.3, 0.4) is 0 Å². The third-order valence-corrected chi connectivity index (χ3v) is 3.45. The average Bonchev–Trinajstić information content (AvgIpc) is 2.62. The van der Waals surface area contributed by atoms with Crippen LogP contribution in [0.5, 0.6) is 5.75 Å². The van der Waals surface area contributed by atoms with Crippen molar-refractivity contribution in [1.29, 1.82) is 0 Å². The van der Waals surface area contributed by atoms with Crippen molar-refractivity contribution in [3.63, 3.8) is 0 Å². The Morgan fingerprint density at radius 3 is 2.42 bits per heavy atom. The number of carbonyl (C=O) groups excluding carboxylic acids is 2. The van der Waals surface area contributed by atoms with Gasteiger partial charge in [0.05, 0.1) is 29.4 Å². The summed E-state index contributed by atoms with van der Waals surface area (Å²) >= 11 is 0. The van der Waals surface area contributed by atoms with Crippen molar-refractivity contribution in [3.8, 4) is 5.75 Å². The van der Waals surface area contributed by atoms with Gasteiger partial charge in [-0.25, -0.2) is 4.79 Å². The maximum atomic E-state index is 12.2. The molecule has 0 radical (unpaired) electrons. The van der Waals surface area contributed by atoms with Crippen LogP contribution in [0.25, 0.3) is 0 Å². The number of benzene rings is 2. The summed E-state index contributed by atoms with van der Waals surface area (Å²) in [6, 6.07) is 9.81. The highest BCUT2D eigenvalue weighted by Gasteiger charge is 2.21. The minimum atomic E-state index is -1.10. The standard InChI is InChI=1S/C17H17N3O6/c1-10(26-17(22)11-3-5-12(18)6-4-11)16(21)19-14-8-7-13(20(23)24)9-15(14)25-2/h3-10H,18H2,1-2H3,(H,19,21)/t10-/m1/s1. The molecular weight excluding hydrogens is 342 g/mol. The molecule has 0 fully saturated rings. The molecule has 0 unspecified atom stereocenters. The Hall–Kier alpha value is -3.62. The molecule has 1 atom stereocenters. The lowest BCUT2D eigenvalue weighted by molar-refractivity contribution is -0.384. The molecule has 0 spiro atoms. The molecule has 0 aliphatic heterocycles. The molecule has 3 N–H and O–H groups in total. The van der Waals surface area contributed by atoms with Gasteiger partial charge in [-0.1, -0.05) is 0 Å². The Balaban J connectivity index is 2.05. The van der Waals surface area contributed by atoms with Gasteiger partial charge in [-0.3, -0.25) is 14.9 Å². The van der Waals surface area contributed by atoms with Crippen LogP contribution in [0.4, 0.5) is 17.1 Å². The van der Waals surface area contributed by atoms with Crippen LogP contribution in [0.1, 0.15) is 17.3 Å². The number of nitrogen functional groups attached to an aromatic ring is 1. The van der Waals surface area contributed by atoms with E-state index in [-0.39, 0.29) is 22.7 Å². The number of carbonyl (C=O) groups is 2. The van der Waals surface area contributed by atoms with Crippen molar-refractivity contribution in [2.24, 2.45) is 0 Å². The number of nitrogens with zero attached hydrogens (tertiary/aromatic N) is 1. The van der Waals surface area contributed by atoms with Crippen LogP contribution < -0.4 is 15.8 Å². The molecule has 0 aliphatic carbocycles. The molecule has 2 rings (SSSR count).